The fourth-order valence-corrected chi connectivity index (χ4v) is 2.22. The van der Waals surface area contributed by atoms with Gasteiger partial charge in [0.25, 0.3) is 0 Å². The van der Waals surface area contributed by atoms with E-state index in [1.54, 1.807) is 12.4 Å². The van der Waals surface area contributed by atoms with Crippen molar-refractivity contribution in [2.45, 2.75) is 20.4 Å². The van der Waals surface area contributed by atoms with E-state index in [-0.39, 0.29) is 0 Å². The Balaban J connectivity index is 1.93. The summed E-state index contributed by atoms with van der Waals surface area (Å²) in [6.45, 7) is 4.76. The van der Waals surface area contributed by atoms with Crippen molar-refractivity contribution in [3.8, 4) is 0 Å². The van der Waals surface area contributed by atoms with Crippen LogP contribution in [-0.4, -0.2) is 15.0 Å². The zero-order valence-corrected chi connectivity index (χ0v) is 11.6. The van der Waals surface area contributed by atoms with Crippen molar-refractivity contribution in [2.24, 2.45) is 0 Å². The third-order valence-corrected chi connectivity index (χ3v) is 3.32. The SMILES string of the molecule is Cc1nc(NCc2ccccc2C)c2ccncc2n1. The minimum absolute atomic E-state index is 0.748. The van der Waals surface area contributed by atoms with E-state index in [1.807, 2.05) is 13.0 Å². The van der Waals surface area contributed by atoms with Gasteiger partial charge in [-0.2, -0.15) is 0 Å². The summed E-state index contributed by atoms with van der Waals surface area (Å²) in [5, 5.41) is 4.41. The second-order valence-corrected chi connectivity index (χ2v) is 4.79. The standard InChI is InChI=1S/C16H16N4/c1-11-5-3-4-6-13(11)9-18-16-14-7-8-17-10-15(14)19-12(2)20-16/h3-8,10H,9H2,1-2H3,(H,18,19,20). The molecule has 1 aromatic carbocycles. The first kappa shape index (κ1) is 12.5. The number of nitrogens with one attached hydrogen (secondary N) is 1. The molecule has 0 fully saturated rings. The van der Waals surface area contributed by atoms with Gasteiger partial charge in [0, 0.05) is 18.1 Å². The van der Waals surface area contributed by atoms with Crippen molar-refractivity contribution in [1.82, 2.24) is 15.0 Å². The Labute approximate surface area is 117 Å². The molecule has 0 aliphatic heterocycles. The number of pyridine rings is 1. The Kier molecular flexibility index (Phi) is 3.29. The van der Waals surface area contributed by atoms with Crippen LogP contribution in [0.4, 0.5) is 5.82 Å². The number of hydrogen-bond donors (Lipinski definition) is 1. The number of hydrogen-bond acceptors (Lipinski definition) is 4. The molecular weight excluding hydrogens is 248 g/mol. The lowest BCUT2D eigenvalue weighted by Gasteiger charge is -2.11. The normalized spacial score (nSPS) is 10.7. The lowest BCUT2D eigenvalue weighted by Crippen LogP contribution is -2.05. The fraction of sp³-hybridized carbons (Fsp3) is 0.188. The summed E-state index contributed by atoms with van der Waals surface area (Å²) in [4.78, 5) is 13.0. The van der Waals surface area contributed by atoms with Gasteiger partial charge in [-0.05, 0) is 31.0 Å². The first-order valence-electron chi connectivity index (χ1n) is 6.61. The highest BCUT2D eigenvalue weighted by atomic mass is 15.0. The van der Waals surface area contributed by atoms with E-state index >= 15 is 0 Å². The third-order valence-electron chi connectivity index (χ3n) is 3.32. The molecule has 4 nitrogen and oxygen atoms in total. The zero-order valence-electron chi connectivity index (χ0n) is 11.6. The van der Waals surface area contributed by atoms with Gasteiger partial charge in [-0.15, -0.1) is 0 Å². The first-order valence-corrected chi connectivity index (χ1v) is 6.61. The van der Waals surface area contributed by atoms with Gasteiger partial charge >= 0.3 is 0 Å². The van der Waals surface area contributed by atoms with Crippen molar-refractivity contribution < 1.29 is 0 Å². The van der Waals surface area contributed by atoms with E-state index in [2.05, 4.69) is 51.5 Å². The predicted molar refractivity (Wildman–Crippen MR) is 80.6 cm³/mol. The molecule has 0 aliphatic carbocycles. The lowest BCUT2D eigenvalue weighted by atomic mass is 10.1. The summed E-state index contributed by atoms with van der Waals surface area (Å²) < 4.78 is 0. The predicted octanol–water partition coefficient (Wildman–Crippen LogP) is 3.25. The summed E-state index contributed by atoms with van der Waals surface area (Å²) in [5.74, 6) is 1.61. The molecule has 0 aliphatic rings. The molecule has 4 heteroatoms. The van der Waals surface area contributed by atoms with E-state index < -0.39 is 0 Å². The molecule has 2 heterocycles. The van der Waals surface area contributed by atoms with Gasteiger partial charge in [0.2, 0.25) is 0 Å². The number of anilines is 1. The van der Waals surface area contributed by atoms with Gasteiger partial charge in [0.15, 0.2) is 0 Å². The van der Waals surface area contributed by atoms with Gasteiger partial charge in [-0.1, -0.05) is 24.3 Å². The molecule has 0 bridgehead atoms. The monoisotopic (exact) mass is 264 g/mol. The summed E-state index contributed by atoms with van der Waals surface area (Å²) in [6, 6.07) is 10.3. The molecule has 0 saturated carbocycles. The van der Waals surface area contributed by atoms with Crippen LogP contribution in [0, 0.1) is 13.8 Å². The quantitative estimate of drug-likeness (QED) is 0.789. The molecule has 0 radical (unpaired) electrons. The van der Waals surface area contributed by atoms with Crippen LogP contribution in [0.3, 0.4) is 0 Å². The zero-order chi connectivity index (χ0) is 13.9. The highest BCUT2D eigenvalue weighted by Gasteiger charge is 2.06. The minimum Gasteiger partial charge on any atom is -0.365 e. The highest BCUT2D eigenvalue weighted by Crippen LogP contribution is 2.20. The summed E-state index contributed by atoms with van der Waals surface area (Å²) >= 11 is 0. The maximum Gasteiger partial charge on any atom is 0.138 e. The Morgan fingerprint density at radius 3 is 2.75 bits per heavy atom. The Hall–Kier alpha value is -2.49. The van der Waals surface area contributed by atoms with Crippen LogP contribution >= 0.6 is 0 Å². The van der Waals surface area contributed by atoms with Crippen molar-refractivity contribution in [2.75, 3.05) is 5.32 Å². The van der Waals surface area contributed by atoms with Gasteiger partial charge in [-0.25, -0.2) is 9.97 Å². The molecule has 0 atom stereocenters. The summed E-state index contributed by atoms with van der Waals surface area (Å²) in [6.07, 6.45) is 3.53. The van der Waals surface area contributed by atoms with Crippen molar-refractivity contribution in [3.05, 3.63) is 59.7 Å². The largest absolute Gasteiger partial charge is 0.365 e. The van der Waals surface area contributed by atoms with Crippen LogP contribution in [0.15, 0.2) is 42.7 Å². The summed E-state index contributed by atoms with van der Waals surface area (Å²) in [5.41, 5.74) is 3.41. The molecule has 0 spiro atoms. The maximum absolute atomic E-state index is 4.50. The van der Waals surface area contributed by atoms with Crippen LogP contribution in [0.25, 0.3) is 10.9 Å². The van der Waals surface area contributed by atoms with Gasteiger partial charge in [0.05, 0.1) is 11.7 Å². The van der Waals surface area contributed by atoms with Crippen molar-refractivity contribution in [1.29, 1.82) is 0 Å². The van der Waals surface area contributed by atoms with Gasteiger partial charge in [0.1, 0.15) is 11.6 Å². The smallest absolute Gasteiger partial charge is 0.138 e. The van der Waals surface area contributed by atoms with E-state index in [0.717, 1.165) is 29.1 Å². The second-order valence-electron chi connectivity index (χ2n) is 4.79. The Morgan fingerprint density at radius 1 is 1.05 bits per heavy atom. The molecular formula is C16H16N4. The Bertz CT molecular complexity index is 752. The third kappa shape index (κ3) is 2.45. The summed E-state index contributed by atoms with van der Waals surface area (Å²) in [7, 11) is 0. The first-order chi connectivity index (χ1) is 9.74. The van der Waals surface area contributed by atoms with Crippen LogP contribution in [0.2, 0.25) is 0 Å². The number of aryl methyl sites for hydroxylation is 2. The van der Waals surface area contributed by atoms with Crippen LogP contribution in [0.5, 0.6) is 0 Å². The van der Waals surface area contributed by atoms with Crippen LogP contribution in [0.1, 0.15) is 17.0 Å². The molecule has 0 amide bonds. The van der Waals surface area contributed by atoms with E-state index in [1.165, 1.54) is 11.1 Å². The molecule has 3 aromatic rings. The Morgan fingerprint density at radius 2 is 1.90 bits per heavy atom. The average molecular weight is 264 g/mol. The molecule has 3 rings (SSSR count). The molecule has 0 saturated heterocycles. The average Bonchev–Trinajstić information content (AvgIpc) is 2.46. The van der Waals surface area contributed by atoms with Crippen molar-refractivity contribution >= 4 is 16.7 Å². The molecule has 0 unspecified atom stereocenters. The molecule has 1 N–H and O–H groups in total. The van der Waals surface area contributed by atoms with E-state index in [9.17, 15) is 0 Å². The fourth-order valence-electron chi connectivity index (χ4n) is 2.22. The molecule has 2 aromatic heterocycles. The van der Waals surface area contributed by atoms with Crippen molar-refractivity contribution in [3.63, 3.8) is 0 Å². The second kappa shape index (κ2) is 5.25. The van der Waals surface area contributed by atoms with Gasteiger partial charge < -0.3 is 5.32 Å². The molecule has 20 heavy (non-hydrogen) atoms. The number of benzene rings is 1. The maximum atomic E-state index is 4.50. The van der Waals surface area contributed by atoms with Gasteiger partial charge in [-0.3, -0.25) is 4.98 Å². The van der Waals surface area contributed by atoms with Crippen LogP contribution < -0.4 is 5.32 Å². The number of rotatable bonds is 3. The topological polar surface area (TPSA) is 50.7 Å². The molecule has 100 valence electrons. The number of nitrogens with zero attached hydrogens (tertiary/aromatic N) is 3. The van der Waals surface area contributed by atoms with E-state index in [0.29, 0.717) is 0 Å². The lowest BCUT2D eigenvalue weighted by molar-refractivity contribution is 1.04. The number of aromatic nitrogens is 3. The number of fused-ring (bicyclic) bond motifs is 1. The van der Waals surface area contributed by atoms with Crippen LogP contribution in [-0.2, 0) is 6.54 Å². The highest BCUT2D eigenvalue weighted by molar-refractivity contribution is 5.88. The minimum atomic E-state index is 0.748. The van der Waals surface area contributed by atoms with E-state index in [4.69, 9.17) is 0 Å².